The second-order valence-corrected chi connectivity index (χ2v) is 3.42. The highest BCUT2D eigenvalue weighted by molar-refractivity contribution is 5.47. The lowest BCUT2D eigenvalue weighted by molar-refractivity contribution is -0.385. The molecule has 96 valence electrons. The van der Waals surface area contributed by atoms with Gasteiger partial charge in [0.05, 0.1) is 22.1 Å². The molecule has 0 aliphatic rings. The topological polar surface area (TPSA) is 72.6 Å². The molecule has 0 amide bonds. The van der Waals surface area contributed by atoms with E-state index < -0.39 is 28.4 Å². The predicted molar refractivity (Wildman–Crippen MR) is 54.6 cm³/mol. The van der Waals surface area contributed by atoms with Gasteiger partial charge in [-0.25, -0.2) is 4.79 Å². The Morgan fingerprint density at radius 1 is 1.44 bits per heavy atom. The number of benzene rings is 1. The summed E-state index contributed by atoms with van der Waals surface area (Å²) in [4.78, 5) is 23.1. The standard InChI is InChI=1S/C10H7F3N2O3/c1-6(14-5-16)8-3-2-7(10(11,12)13)4-9(8)15(17)18/h2-4,6H,1H3. The summed E-state index contributed by atoms with van der Waals surface area (Å²) in [6.45, 7) is 1.35. The lowest BCUT2D eigenvalue weighted by Gasteiger charge is -2.10. The number of aliphatic imine (C=N–C) groups is 1. The summed E-state index contributed by atoms with van der Waals surface area (Å²) < 4.78 is 37.2. The molecule has 1 unspecified atom stereocenters. The van der Waals surface area contributed by atoms with Gasteiger partial charge in [-0.15, -0.1) is 0 Å². The van der Waals surface area contributed by atoms with E-state index in [-0.39, 0.29) is 5.56 Å². The average molecular weight is 260 g/mol. The van der Waals surface area contributed by atoms with Crippen LogP contribution < -0.4 is 0 Å². The minimum atomic E-state index is -4.67. The molecule has 1 aromatic carbocycles. The second-order valence-electron chi connectivity index (χ2n) is 3.42. The van der Waals surface area contributed by atoms with Crippen molar-refractivity contribution in [2.24, 2.45) is 4.99 Å². The van der Waals surface area contributed by atoms with E-state index in [4.69, 9.17) is 0 Å². The van der Waals surface area contributed by atoms with Gasteiger partial charge in [-0.1, -0.05) is 0 Å². The Kier molecular flexibility index (Phi) is 3.82. The van der Waals surface area contributed by atoms with E-state index in [1.807, 2.05) is 0 Å². The third-order valence-corrected chi connectivity index (χ3v) is 2.25. The Hall–Kier alpha value is -2.21. The van der Waals surface area contributed by atoms with Crippen LogP contribution in [0.15, 0.2) is 23.2 Å². The van der Waals surface area contributed by atoms with Crippen molar-refractivity contribution in [2.75, 3.05) is 0 Å². The zero-order valence-corrected chi connectivity index (χ0v) is 9.06. The smallest absolute Gasteiger partial charge is 0.258 e. The maximum atomic E-state index is 12.4. The number of alkyl halides is 3. The van der Waals surface area contributed by atoms with Gasteiger partial charge in [0, 0.05) is 6.07 Å². The molecule has 0 radical (unpaired) electrons. The highest BCUT2D eigenvalue weighted by Gasteiger charge is 2.33. The lowest BCUT2D eigenvalue weighted by atomic mass is 10.0. The predicted octanol–water partition coefficient (Wildman–Crippen LogP) is 3.01. The first-order valence-corrected chi connectivity index (χ1v) is 4.70. The molecule has 0 aliphatic heterocycles. The fourth-order valence-corrected chi connectivity index (χ4v) is 1.38. The van der Waals surface area contributed by atoms with Gasteiger partial charge in [0.2, 0.25) is 6.08 Å². The Morgan fingerprint density at radius 3 is 2.50 bits per heavy atom. The van der Waals surface area contributed by atoms with Gasteiger partial charge in [-0.05, 0) is 19.1 Å². The molecule has 0 aliphatic carbocycles. The normalized spacial score (nSPS) is 12.7. The first-order valence-electron chi connectivity index (χ1n) is 4.70. The van der Waals surface area contributed by atoms with Crippen molar-refractivity contribution in [1.82, 2.24) is 0 Å². The summed E-state index contributed by atoms with van der Waals surface area (Å²) in [5, 5.41) is 10.7. The first-order chi connectivity index (χ1) is 8.27. The molecule has 1 atom stereocenters. The molecule has 0 saturated heterocycles. The zero-order valence-electron chi connectivity index (χ0n) is 9.06. The van der Waals surface area contributed by atoms with Crippen LogP contribution >= 0.6 is 0 Å². The summed E-state index contributed by atoms with van der Waals surface area (Å²) in [7, 11) is 0. The van der Waals surface area contributed by atoms with Gasteiger partial charge in [0.25, 0.3) is 5.69 Å². The van der Waals surface area contributed by atoms with E-state index in [9.17, 15) is 28.1 Å². The number of nitrogens with zero attached hydrogens (tertiary/aromatic N) is 2. The van der Waals surface area contributed by atoms with Crippen LogP contribution in [0.25, 0.3) is 0 Å². The Labute approximate surface area is 99.1 Å². The van der Waals surface area contributed by atoms with Gasteiger partial charge >= 0.3 is 6.18 Å². The molecular weight excluding hydrogens is 253 g/mol. The van der Waals surface area contributed by atoms with Crippen molar-refractivity contribution in [3.63, 3.8) is 0 Å². The van der Waals surface area contributed by atoms with Crippen molar-refractivity contribution in [1.29, 1.82) is 0 Å². The fraction of sp³-hybridized carbons (Fsp3) is 0.300. The highest BCUT2D eigenvalue weighted by Crippen LogP contribution is 2.35. The third-order valence-electron chi connectivity index (χ3n) is 2.25. The van der Waals surface area contributed by atoms with Crippen LogP contribution in [0.5, 0.6) is 0 Å². The van der Waals surface area contributed by atoms with Crippen molar-refractivity contribution in [3.05, 3.63) is 39.4 Å². The summed E-state index contributed by atoms with van der Waals surface area (Å²) in [6, 6.07) is 1.14. The first kappa shape index (κ1) is 13.9. The quantitative estimate of drug-likeness (QED) is 0.363. The van der Waals surface area contributed by atoms with Crippen LogP contribution in [0.1, 0.15) is 24.1 Å². The molecule has 0 heterocycles. The molecule has 0 saturated carbocycles. The van der Waals surface area contributed by atoms with Crippen molar-refractivity contribution < 1.29 is 22.9 Å². The van der Waals surface area contributed by atoms with Crippen molar-refractivity contribution in [2.45, 2.75) is 19.1 Å². The van der Waals surface area contributed by atoms with Gasteiger partial charge < -0.3 is 0 Å². The number of carbonyl (C=O) groups excluding carboxylic acids is 1. The van der Waals surface area contributed by atoms with E-state index in [2.05, 4.69) is 4.99 Å². The van der Waals surface area contributed by atoms with Gasteiger partial charge in [0.15, 0.2) is 0 Å². The monoisotopic (exact) mass is 260 g/mol. The number of nitro benzene ring substituents is 1. The average Bonchev–Trinajstić information content (AvgIpc) is 2.27. The van der Waals surface area contributed by atoms with Crippen molar-refractivity contribution in [3.8, 4) is 0 Å². The Balaban J connectivity index is 3.38. The molecule has 0 bridgehead atoms. The van der Waals surface area contributed by atoms with Crippen LogP contribution in [-0.4, -0.2) is 11.0 Å². The van der Waals surface area contributed by atoms with E-state index in [1.54, 1.807) is 0 Å². The van der Waals surface area contributed by atoms with Gasteiger partial charge in [0.1, 0.15) is 0 Å². The van der Waals surface area contributed by atoms with Crippen LogP contribution in [-0.2, 0) is 11.0 Å². The SMILES string of the molecule is CC(N=C=O)c1ccc(C(F)(F)F)cc1[N+](=O)[O-]. The number of hydrogen-bond acceptors (Lipinski definition) is 4. The number of halogens is 3. The molecule has 18 heavy (non-hydrogen) atoms. The van der Waals surface area contributed by atoms with E-state index >= 15 is 0 Å². The molecule has 1 rings (SSSR count). The zero-order chi connectivity index (χ0) is 13.9. The molecule has 1 aromatic rings. The number of hydrogen-bond donors (Lipinski definition) is 0. The molecule has 0 fully saturated rings. The fourth-order valence-electron chi connectivity index (χ4n) is 1.38. The molecule has 0 spiro atoms. The number of rotatable bonds is 3. The Morgan fingerprint density at radius 2 is 2.06 bits per heavy atom. The highest BCUT2D eigenvalue weighted by atomic mass is 19.4. The summed E-state index contributed by atoms with van der Waals surface area (Å²) in [5.41, 5.74) is -1.92. The minimum absolute atomic E-state index is 0.0728. The molecular formula is C10H7F3N2O3. The van der Waals surface area contributed by atoms with Crippen molar-refractivity contribution >= 4 is 11.8 Å². The van der Waals surface area contributed by atoms with Crippen LogP contribution in [0.3, 0.4) is 0 Å². The van der Waals surface area contributed by atoms with Gasteiger partial charge in [-0.3, -0.25) is 10.1 Å². The molecule has 5 nitrogen and oxygen atoms in total. The largest absolute Gasteiger partial charge is 0.416 e. The number of isocyanates is 1. The summed E-state index contributed by atoms with van der Waals surface area (Å²) in [6.07, 6.45) is -3.46. The van der Waals surface area contributed by atoms with Crippen LogP contribution in [0.2, 0.25) is 0 Å². The second kappa shape index (κ2) is 4.97. The summed E-state index contributed by atoms with van der Waals surface area (Å²) >= 11 is 0. The van der Waals surface area contributed by atoms with Gasteiger partial charge in [-0.2, -0.15) is 18.2 Å². The van der Waals surface area contributed by atoms with Crippen LogP contribution in [0, 0.1) is 10.1 Å². The maximum Gasteiger partial charge on any atom is 0.416 e. The molecule has 0 N–H and O–H groups in total. The van der Waals surface area contributed by atoms with E-state index in [1.165, 1.54) is 13.0 Å². The maximum absolute atomic E-state index is 12.4. The lowest BCUT2D eigenvalue weighted by Crippen LogP contribution is -2.07. The minimum Gasteiger partial charge on any atom is -0.258 e. The number of nitro groups is 1. The van der Waals surface area contributed by atoms with E-state index in [0.29, 0.717) is 12.1 Å². The van der Waals surface area contributed by atoms with E-state index in [0.717, 1.165) is 6.07 Å². The summed E-state index contributed by atoms with van der Waals surface area (Å²) in [5.74, 6) is 0. The Bertz CT molecular complexity index is 522. The molecule has 8 heteroatoms. The van der Waals surface area contributed by atoms with Crippen LogP contribution in [0.4, 0.5) is 18.9 Å². The third kappa shape index (κ3) is 2.92. The molecule has 0 aromatic heterocycles.